The molecule has 7 heteroatoms. The van der Waals surface area contributed by atoms with Crippen molar-refractivity contribution < 1.29 is 14.3 Å². The molecule has 2 aliphatic rings. The summed E-state index contributed by atoms with van der Waals surface area (Å²) in [6, 6.07) is 7.26. The van der Waals surface area contributed by atoms with Gasteiger partial charge in [-0.3, -0.25) is 4.79 Å². The minimum absolute atomic E-state index is 0.215. The molecule has 1 N–H and O–H groups in total. The second-order valence-electron chi connectivity index (χ2n) is 6.38. The highest BCUT2D eigenvalue weighted by Crippen LogP contribution is 2.38. The van der Waals surface area contributed by atoms with Crippen molar-refractivity contribution in [3.8, 4) is 11.5 Å². The molecule has 0 saturated carbocycles. The van der Waals surface area contributed by atoms with E-state index in [1.54, 1.807) is 12.1 Å². The van der Waals surface area contributed by atoms with E-state index in [-0.39, 0.29) is 5.91 Å². The fraction of sp³-hybridized carbons (Fsp3) is 0.368. The maximum Gasteiger partial charge on any atom is 0.251 e. The third kappa shape index (κ3) is 3.55. The Balaban J connectivity index is 1.40. The van der Waals surface area contributed by atoms with Crippen molar-refractivity contribution >= 4 is 23.3 Å². The molecule has 6 nitrogen and oxygen atoms in total. The normalized spacial score (nSPS) is 15.8. The summed E-state index contributed by atoms with van der Waals surface area (Å²) in [5.41, 5.74) is 1.39. The lowest BCUT2D eigenvalue weighted by Crippen LogP contribution is -2.24. The summed E-state index contributed by atoms with van der Waals surface area (Å²) in [4.78, 5) is 19.2. The van der Waals surface area contributed by atoms with Crippen LogP contribution in [0.5, 0.6) is 11.5 Å². The van der Waals surface area contributed by atoms with Crippen LogP contribution >= 0.6 is 11.6 Å². The Hall–Kier alpha value is -2.47. The monoisotopic (exact) mass is 373 g/mol. The number of anilines is 1. The van der Waals surface area contributed by atoms with Crippen LogP contribution in [0.3, 0.4) is 0 Å². The Morgan fingerprint density at radius 3 is 2.77 bits per heavy atom. The molecule has 3 heterocycles. The van der Waals surface area contributed by atoms with E-state index in [0.717, 1.165) is 24.5 Å². The quantitative estimate of drug-likeness (QED) is 0.892. The van der Waals surface area contributed by atoms with Gasteiger partial charge in [-0.15, -0.1) is 0 Å². The first-order chi connectivity index (χ1) is 12.7. The van der Waals surface area contributed by atoms with Crippen molar-refractivity contribution in [2.24, 2.45) is 0 Å². The van der Waals surface area contributed by atoms with Crippen LogP contribution in [0.25, 0.3) is 0 Å². The molecule has 4 rings (SSSR count). The van der Waals surface area contributed by atoms with E-state index in [2.05, 4.69) is 15.2 Å². The minimum atomic E-state index is -0.215. The molecule has 0 atom stereocenters. The van der Waals surface area contributed by atoms with Gasteiger partial charge in [-0.1, -0.05) is 17.7 Å². The first kappa shape index (κ1) is 17.0. The number of nitrogens with one attached hydrogen (secondary N) is 1. The summed E-state index contributed by atoms with van der Waals surface area (Å²) in [7, 11) is 0. The van der Waals surface area contributed by atoms with E-state index in [0.29, 0.717) is 41.8 Å². The van der Waals surface area contributed by atoms with E-state index in [9.17, 15) is 4.79 Å². The fourth-order valence-electron chi connectivity index (χ4n) is 3.18. The van der Waals surface area contributed by atoms with Gasteiger partial charge in [-0.2, -0.15) is 0 Å². The molecule has 1 aromatic heterocycles. The van der Waals surface area contributed by atoms with Gasteiger partial charge in [-0.25, -0.2) is 4.98 Å². The zero-order chi connectivity index (χ0) is 17.9. The number of nitrogens with zero attached hydrogens (tertiary/aromatic N) is 2. The molecule has 0 unspecified atom stereocenters. The highest BCUT2D eigenvalue weighted by Gasteiger charge is 2.19. The molecule has 136 valence electrons. The number of ether oxygens (including phenoxy) is 2. The summed E-state index contributed by atoms with van der Waals surface area (Å²) in [6.07, 6.45) is 4.25. The molecule has 26 heavy (non-hydrogen) atoms. The highest BCUT2D eigenvalue weighted by molar-refractivity contribution is 6.32. The van der Waals surface area contributed by atoms with Crippen LogP contribution in [0.15, 0.2) is 30.5 Å². The van der Waals surface area contributed by atoms with E-state index in [1.807, 2.05) is 18.3 Å². The Morgan fingerprint density at radius 1 is 1.19 bits per heavy atom. The number of hydrogen-bond acceptors (Lipinski definition) is 5. The number of carbonyl (C=O) groups excluding carboxylic acids is 1. The van der Waals surface area contributed by atoms with Gasteiger partial charge < -0.3 is 19.7 Å². The summed E-state index contributed by atoms with van der Waals surface area (Å²) in [5.74, 6) is 1.78. The number of fused-ring (bicyclic) bond motifs is 1. The minimum Gasteiger partial charge on any atom is -0.486 e. The van der Waals surface area contributed by atoms with Crippen LogP contribution in [0.2, 0.25) is 5.02 Å². The maximum absolute atomic E-state index is 12.4. The maximum atomic E-state index is 12.4. The van der Waals surface area contributed by atoms with Gasteiger partial charge in [-0.05, 0) is 36.6 Å². The van der Waals surface area contributed by atoms with E-state index < -0.39 is 0 Å². The topological polar surface area (TPSA) is 63.7 Å². The summed E-state index contributed by atoms with van der Waals surface area (Å²) < 4.78 is 11.0. The molecule has 0 bridgehead atoms. The van der Waals surface area contributed by atoms with Gasteiger partial charge in [0.15, 0.2) is 11.5 Å². The fourth-order valence-corrected chi connectivity index (χ4v) is 3.45. The smallest absolute Gasteiger partial charge is 0.251 e. The lowest BCUT2D eigenvalue weighted by atomic mass is 10.1. The number of hydrogen-bond donors (Lipinski definition) is 1. The van der Waals surface area contributed by atoms with Crippen molar-refractivity contribution in [3.63, 3.8) is 0 Å². The second kappa shape index (κ2) is 7.41. The molecule has 0 spiro atoms. The van der Waals surface area contributed by atoms with Gasteiger partial charge in [0.2, 0.25) is 0 Å². The second-order valence-corrected chi connectivity index (χ2v) is 6.79. The predicted octanol–water partition coefficient (Wildman–Crippen LogP) is 3.04. The zero-order valence-electron chi connectivity index (χ0n) is 14.3. The van der Waals surface area contributed by atoms with Gasteiger partial charge in [0, 0.05) is 31.4 Å². The Morgan fingerprint density at radius 2 is 2.00 bits per heavy atom. The largest absolute Gasteiger partial charge is 0.486 e. The van der Waals surface area contributed by atoms with Gasteiger partial charge in [0.1, 0.15) is 19.0 Å². The van der Waals surface area contributed by atoms with Crippen molar-refractivity contribution in [3.05, 3.63) is 46.6 Å². The predicted molar refractivity (Wildman–Crippen MR) is 99.3 cm³/mol. The Labute approximate surface area is 157 Å². The van der Waals surface area contributed by atoms with Crippen molar-refractivity contribution in [1.82, 2.24) is 10.3 Å². The molecular weight excluding hydrogens is 354 g/mol. The number of carbonyl (C=O) groups is 1. The Kier molecular flexibility index (Phi) is 4.84. The third-order valence-corrected chi connectivity index (χ3v) is 4.83. The molecule has 1 fully saturated rings. The van der Waals surface area contributed by atoms with Crippen LogP contribution in [0, 0.1) is 0 Å². The van der Waals surface area contributed by atoms with E-state index in [1.165, 1.54) is 12.8 Å². The lowest BCUT2D eigenvalue weighted by molar-refractivity contribution is 0.0949. The molecule has 1 aromatic carbocycles. The van der Waals surface area contributed by atoms with Gasteiger partial charge in [0.25, 0.3) is 5.91 Å². The lowest BCUT2D eigenvalue weighted by Gasteiger charge is -2.20. The van der Waals surface area contributed by atoms with Crippen LogP contribution < -0.4 is 19.7 Å². The van der Waals surface area contributed by atoms with Crippen molar-refractivity contribution in [1.29, 1.82) is 0 Å². The van der Waals surface area contributed by atoms with Crippen LogP contribution in [0.1, 0.15) is 28.8 Å². The molecule has 2 aromatic rings. The molecule has 0 radical (unpaired) electrons. The molecule has 1 amide bonds. The van der Waals surface area contributed by atoms with Crippen LogP contribution in [-0.4, -0.2) is 37.2 Å². The van der Waals surface area contributed by atoms with Gasteiger partial charge >= 0.3 is 0 Å². The summed E-state index contributed by atoms with van der Waals surface area (Å²) in [6.45, 7) is 3.43. The number of aromatic nitrogens is 1. The molecule has 0 aliphatic carbocycles. The average Bonchev–Trinajstić information content (AvgIpc) is 3.21. The summed E-state index contributed by atoms with van der Waals surface area (Å²) in [5, 5.41) is 3.27. The summed E-state index contributed by atoms with van der Waals surface area (Å²) >= 11 is 6.19. The van der Waals surface area contributed by atoms with E-state index >= 15 is 0 Å². The van der Waals surface area contributed by atoms with Crippen molar-refractivity contribution in [2.45, 2.75) is 19.4 Å². The standard InChI is InChI=1S/C19H20ClN3O3/c20-15-9-14(10-16-18(15)26-8-7-25-16)19(24)22-12-13-3-4-17(21-11-13)23-5-1-2-6-23/h3-4,9-11H,1-2,5-8,12H2,(H,22,24). The molecule has 1 saturated heterocycles. The molecular formula is C19H20ClN3O3. The SMILES string of the molecule is O=C(NCc1ccc(N2CCCC2)nc1)c1cc(Cl)c2c(c1)OCCO2. The molecule has 2 aliphatic heterocycles. The number of rotatable bonds is 4. The van der Waals surface area contributed by atoms with Crippen molar-refractivity contribution in [2.75, 3.05) is 31.2 Å². The van der Waals surface area contributed by atoms with Gasteiger partial charge in [0.05, 0.1) is 5.02 Å². The number of benzene rings is 1. The Bertz CT molecular complexity index is 804. The van der Waals surface area contributed by atoms with Crippen LogP contribution in [0.4, 0.5) is 5.82 Å². The number of amides is 1. The zero-order valence-corrected chi connectivity index (χ0v) is 15.1. The first-order valence-electron chi connectivity index (χ1n) is 8.78. The van der Waals surface area contributed by atoms with E-state index in [4.69, 9.17) is 21.1 Å². The highest BCUT2D eigenvalue weighted by atomic mass is 35.5. The third-order valence-electron chi connectivity index (χ3n) is 4.55. The number of halogens is 1. The number of pyridine rings is 1. The van der Waals surface area contributed by atoms with Crippen LogP contribution in [-0.2, 0) is 6.54 Å². The average molecular weight is 374 g/mol. The first-order valence-corrected chi connectivity index (χ1v) is 9.16.